The molecule has 1 aromatic heterocycles. The number of para-hydroxylation sites is 1. The first-order chi connectivity index (χ1) is 12.9. The molecule has 0 atom stereocenters. The van der Waals surface area contributed by atoms with Gasteiger partial charge in [0.2, 0.25) is 0 Å². The molecule has 27 heavy (non-hydrogen) atoms. The first-order valence-electron chi connectivity index (χ1n) is 8.73. The van der Waals surface area contributed by atoms with Crippen LogP contribution >= 0.6 is 11.3 Å². The fraction of sp³-hybridized carbons (Fsp3) is 0.238. The molecule has 3 rings (SSSR count). The molecule has 0 bridgehead atoms. The van der Waals surface area contributed by atoms with Crippen molar-refractivity contribution >= 4 is 21.2 Å². The Morgan fingerprint density at radius 2 is 1.74 bits per heavy atom. The first kappa shape index (κ1) is 19.6. The standard InChI is InChI=1S/C21H23NO3S2/c1-16-7-9-19(10-8-16)25-20-6-4-3-5-17(20)11-13-22-15-18-12-14-26-21(18)27(2,23)24/h3-10,12,14,22H,11,13,15H2,1-2H3. The molecule has 2 aromatic carbocycles. The van der Waals surface area contributed by atoms with Gasteiger partial charge in [-0.05, 0) is 60.7 Å². The maximum Gasteiger partial charge on any atom is 0.185 e. The number of sulfone groups is 1. The second kappa shape index (κ2) is 8.69. The normalized spacial score (nSPS) is 11.5. The summed E-state index contributed by atoms with van der Waals surface area (Å²) in [4.78, 5) is 0. The van der Waals surface area contributed by atoms with Crippen molar-refractivity contribution < 1.29 is 13.2 Å². The van der Waals surface area contributed by atoms with Crippen LogP contribution in [0.1, 0.15) is 16.7 Å². The van der Waals surface area contributed by atoms with Gasteiger partial charge in [0.1, 0.15) is 15.7 Å². The molecule has 4 nitrogen and oxygen atoms in total. The topological polar surface area (TPSA) is 55.4 Å². The Bertz CT molecular complexity index is 992. The number of thiophene rings is 1. The van der Waals surface area contributed by atoms with E-state index < -0.39 is 9.84 Å². The molecule has 0 spiro atoms. The van der Waals surface area contributed by atoms with Crippen LogP contribution in [0.5, 0.6) is 11.5 Å². The highest BCUT2D eigenvalue weighted by atomic mass is 32.2. The van der Waals surface area contributed by atoms with Crippen LogP contribution in [-0.2, 0) is 22.8 Å². The summed E-state index contributed by atoms with van der Waals surface area (Å²) in [6, 6.07) is 17.8. The van der Waals surface area contributed by atoms with Crippen LogP contribution < -0.4 is 10.1 Å². The quantitative estimate of drug-likeness (QED) is 0.561. The number of rotatable bonds is 8. The van der Waals surface area contributed by atoms with Gasteiger partial charge in [0.25, 0.3) is 0 Å². The molecule has 0 radical (unpaired) electrons. The number of ether oxygens (including phenoxy) is 1. The van der Waals surface area contributed by atoms with Crippen molar-refractivity contribution in [3.63, 3.8) is 0 Å². The third-order valence-corrected chi connectivity index (χ3v) is 7.03. The smallest absolute Gasteiger partial charge is 0.185 e. The van der Waals surface area contributed by atoms with E-state index in [9.17, 15) is 8.42 Å². The van der Waals surface area contributed by atoms with Crippen molar-refractivity contribution in [2.75, 3.05) is 12.8 Å². The molecule has 0 aliphatic heterocycles. The second-order valence-electron chi connectivity index (χ2n) is 6.46. The van der Waals surface area contributed by atoms with E-state index in [1.807, 2.05) is 60.8 Å². The van der Waals surface area contributed by atoms with E-state index >= 15 is 0 Å². The molecule has 0 saturated carbocycles. The van der Waals surface area contributed by atoms with Crippen molar-refractivity contribution in [3.05, 3.63) is 76.7 Å². The molecule has 6 heteroatoms. The third-order valence-electron chi connectivity index (χ3n) is 4.15. The van der Waals surface area contributed by atoms with Crippen molar-refractivity contribution in [1.82, 2.24) is 5.32 Å². The van der Waals surface area contributed by atoms with Crippen LogP contribution in [0.15, 0.2) is 64.2 Å². The highest BCUT2D eigenvalue weighted by Gasteiger charge is 2.14. The summed E-state index contributed by atoms with van der Waals surface area (Å²) in [6.45, 7) is 3.31. The summed E-state index contributed by atoms with van der Waals surface area (Å²) in [6.07, 6.45) is 2.04. The summed E-state index contributed by atoms with van der Waals surface area (Å²) in [5.41, 5.74) is 3.13. The summed E-state index contributed by atoms with van der Waals surface area (Å²) in [5, 5.41) is 5.15. The van der Waals surface area contributed by atoms with E-state index in [-0.39, 0.29) is 0 Å². The Kier molecular flexibility index (Phi) is 6.31. The highest BCUT2D eigenvalue weighted by molar-refractivity contribution is 7.92. The predicted molar refractivity (Wildman–Crippen MR) is 111 cm³/mol. The van der Waals surface area contributed by atoms with E-state index in [1.165, 1.54) is 23.2 Å². The molecule has 3 aromatic rings. The van der Waals surface area contributed by atoms with E-state index in [4.69, 9.17) is 4.74 Å². The molecule has 0 amide bonds. The summed E-state index contributed by atoms with van der Waals surface area (Å²) >= 11 is 1.27. The molecule has 0 unspecified atom stereocenters. The Morgan fingerprint density at radius 1 is 1.00 bits per heavy atom. The van der Waals surface area contributed by atoms with Crippen molar-refractivity contribution in [2.45, 2.75) is 24.1 Å². The molecule has 0 aliphatic carbocycles. The van der Waals surface area contributed by atoms with Gasteiger partial charge in [-0.2, -0.15) is 0 Å². The number of aryl methyl sites for hydroxylation is 1. The molecule has 142 valence electrons. The summed E-state index contributed by atoms with van der Waals surface area (Å²) in [5.74, 6) is 1.66. The Balaban J connectivity index is 1.59. The SMILES string of the molecule is Cc1ccc(Oc2ccccc2CCNCc2ccsc2S(C)(=O)=O)cc1. The average Bonchev–Trinajstić information content (AvgIpc) is 3.11. The van der Waals surface area contributed by atoms with Crippen molar-refractivity contribution in [1.29, 1.82) is 0 Å². The minimum absolute atomic E-state index is 0.443. The molecule has 0 saturated heterocycles. The van der Waals surface area contributed by atoms with Crippen LogP contribution in [0.3, 0.4) is 0 Å². The Labute approximate surface area is 164 Å². The molecular weight excluding hydrogens is 378 g/mol. The van der Waals surface area contributed by atoms with Crippen LogP contribution in [-0.4, -0.2) is 21.2 Å². The molecule has 1 heterocycles. The van der Waals surface area contributed by atoms with E-state index in [1.54, 1.807) is 0 Å². The number of hydrogen-bond donors (Lipinski definition) is 1. The monoisotopic (exact) mass is 401 g/mol. The Hall–Kier alpha value is -2.15. The lowest BCUT2D eigenvalue weighted by atomic mass is 10.1. The maximum absolute atomic E-state index is 11.8. The molecule has 0 fully saturated rings. The first-order valence-corrected chi connectivity index (χ1v) is 11.5. The van der Waals surface area contributed by atoms with Gasteiger partial charge >= 0.3 is 0 Å². The summed E-state index contributed by atoms with van der Waals surface area (Å²) in [7, 11) is -3.17. The zero-order valence-corrected chi connectivity index (χ0v) is 17.1. The van der Waals surface area contributed by atoms with Gasteiger partial charge in [0.15, 0.2) is 9.84 Å². The number of nitrogens with one attached hydrogen (secondary N) is 1. The van der Waals surface area contributed by atoms with E-state index in [0.717, 1.165) is 35.6 Å². The zero-order chi connectivity index (χ0) is 19.3. The predicted octanol–water partition coefficient (Wildman–Crippen LogP) is 4.58. The van der Waals surface area contributed by atoms with Crippen molar-refractivity contribution in [2.24, 2.45) is 0 Å². The van der Waals surface area contributed by atoms with E-state index in [0.29, 0.717) is 10.8 Å². The average molecular weight is 402 g/mol. The minimum Gasteiger partial charge on any atom is -0.457 e. The fourth-order valence-electron chi connectivity index (χ4n) is 2.77. The Morgan fingerprint density at radius 3 is 2.48 bits per heavy atom. The highest BCUT2D eigenvalue weighted by Crippen LogP contribution is 2.26. The lowest BCUT2D eigenvalue weighted by Gasteiger charge is -2.12. The van der Waals surface area contributed by atoms with Gasteiger partial charge in [-0.25, -0.2) is 8.42 Å². The van der Waals surface area contributed by atoms with Crippen LogP contribution in [0.25, 0.3) is 0 Å². The van der Waals surface area contributed by atoms with Gasteiger partial charge in [-0.15, -0.1) is 11.3 Å². The third kappa shape index (κ3) is 5.42. The minimum atomic E-state index is -3.17. The molecular formula is C21H23NO3S2. The van der Waals surface area contributed by atoms with Gasteiger partial charge in [-0.3, -0.25) is 0 Å². The van der Waals surface area contributed by atoms with Crippen LogP contribution in [0, 0.1) is 6.92 Å². The van der Waals surface area contributed by atoms with Crippen molar-refractivity contribution in [3.8, 4) is 11.5 Å². The zero-order valence-electron chi connectivity index (χ0n) is 15.4. The largest absolute Gasteiger partial charge is 0.457 e. The van der Waals surface area contributed by atoms with Gasteiger partial charge in [-0.1, -0.05) is 35.9 Å². The van der Waals surface area contributed by atoms with Gasteiger partial charge in [0.05, 0.1) is 0 Å². The van der Waals surface area contributed by atoms with E-state index in [2.05, 4.69) is 11.4 Å². The van der Waals surface area contributed by atoms with Gasteiger partial charge < -0.3 is 10.1 Å². The van der Waals surface area contributed by atoms with Crippen LogP contribution in [0.4, 0.5) is 0 Å². The lowest BCUT2D eigenvalue weighted by Crippen LogP contribution is -2.17. The maximum atomic E-state index is 11.8. The fourth-order valence-corrected chi connectivity index (χ4v) is 4.90. The lowest BCUT2D eigenvalue weighted by molar-refractivity contribution is 0.475. The molecule has 1 N–H and O–H groups in total. The molecule has 0 aliphatic rings. The van der Waals surface area contributed by atoms with Crippen LogP contribution in [0.2, 0.25) is 0 Å². The number of hydrogen-bond acceptors (Lipinski definition) is 5. The summed E-state index contributed by atoms with van der Waals surface area (Å²) < 4.78 is 30.0. The second-order valence-corrected chi connectivity index (χ2v) is 9.58. The van der Waals surface area contributed by atoms with Gasteiger partial charge in [0, 0.05) is 12.8 Å². The number of benzene rings is 2.